The fourth-order valence-electron chi connectivity index (χ4n) is 1.88. The van der Waals surface area contributed by atoms with Crippen LogP contribution in [0.5, 0.6) is 0 Å². The Morgan fingerprint density at radius 1 is 1.12 bits per heavy atom. The number of amides is 1. The van der Waals surface area contributed by atoms with Gasteiger partial charge in [-0.2, -0.15) is 0 Å². The van der Waals surface area contributed by atoms with E-state index in [1.165, 1.54) is 19.1 Å². The maximum atomic E-state index is 11.6. The van der Waals surface area contributed by atoms with E-state index in [0.717, 1.165) is 0 Å². The molecule has 0 aliphatic carbocycles. The Morgan fingerprint density at radius 2 is 1.65 bits per heavy atom. The van der Waals surface area contributed by atoms with Crippen molar-refractivity contribution in [3.8, 4) is 0 Å². The first-order valence-corrected chi connectivity index (χ1v) is 5.47. The Kier molecular flexibility index (Phi) is 4.34. The number of hydrogen-bond acceptors (Lipinski definition) is 5. The average Bonchev–Trinajstić information content (AvgIpc) is 2.36. The fraction of sp³-hybridized carbons (Fsp3) is 0.700. The first-order chi connectivity index (χ1) is 7.97. The van der Waals surface area contributed by atoms with Crippen LogP contribution >= 0.6 is 11.6 Å². The Balaban J connectivity index is 2.78. The maximum absolute atomic E-state index is 11.6. The molecule has 1 fully saturated rings. The molecule has 0 saturated carbocycles. The van der Waals surface area contributed by atoms with Crippen molar-refractivity contribution in [2.45, 2.75) is 12.8 Å². The predicted octanol–water partition coefficient (Wildman–Crippen LogP) is 0.773. The Bertz CT molecular complexity index is 336. The van der Waals surface area contributed by atoms with Crippen LogP contribution in [0.2, 0.25) is 0 Å². The summed E-state index contributed by atoms with van der Waals surface area (Å²) in [7, 11) is 2.48. The van der Waals surface area contributed by atoms with Gasteiger partial charge in [-0.3, -0.25) is 9.59 Å². The zero-order valence-electron chi connectivity index (χ0n) is 9.69. The number of esters is 1. The molecular formula is C10H14ClNO5. The minimum Gasteiger partial charge on any atom is -0.468 e. The molecule has 0 radical (unpaired) electrons. The van der Waals surface area contributed by atoms with Crippen LogP contribution < -0.4 is 0 Å². The topological polar surface area (TPSA) is 72.9 Å². The van der Waals surface area contributed by atoms with Gasteiger partial charge >= 0.3 is 12.1 Å². The minimum absolute atomic E-state index is 0.150. The van der Waals surface area contributed by atoms with Crippen LogP contribution in [0.15, 0.2) is 0 Å². The van der Waals surface area contributed by atoms with E-state index in [1.807, 2.05) is 0 Å². The van der Waals surface area contributed by atoms with Gasteiger partial charge in [-0.25, -0.2) is 4.79 Å². The normalized spacial score (nSPS) is 18.4. The summed E-state index contributed by atoms with van der Waals surface area (Å²) in [5.74, 6) is -0.651. The molecule has 1 aliphatic rings. The van der Waals surface area contributed by atoms with E-state index in [0.29, 0.717) is 0 Å². The number of likely N-dealkylation sites (tertiary alicyclic amines) is 1. The van der Waals surface area contributed by atoms with Crippen LogP contribution in [0.1, 0.15) is 12.8 Å². The molecule has 0 aromatic rings. The Labute approximate surface area is 104 Å². The summed E-state index contributed by atoms with van der Waals surface area (Å²) in [5.41, 5.74) is -1.33. The third kappa shape index (κ3) is 2.52. The number of carbonyl (C=O) groups is 3. The van der Waals surface area contributed by atoms with E-state index in [9.17, 15) is 14.4 Å². The third-order valence-electron chi connectivity index (χ3n) is 3.00. The van der Waals surface area contributed by atoms with E-state index < -0.39 is 22.7 Å². The van der Waals surface area contributed by atoms with Gasteiger partial charge in [0.2, 0.25) is 5.24 Å². The molecule has 0 N–H and O–H groups in total. The van der Waals surface area contributed by atoms with Gasteiger partial charge in [0, 0.05) is 13.1 Å². The number of ether oxygens (including phenoxy) is 2. The molecule has 1 amide bonds. The van der Waals surface area contributed by atoms with Crippen molar-refractivity contribution in [3.05, 3.63) is 0 Å². The molecule has 0 atom stereocenters. The summed E-state index contributed by atoms with van der Waals surface area (Å²) >= 11 is 5.47. The highest BCUT2D eigenvalue weighted by Crippen LogP contribution is 2.35. The van der Waals surface area contributed by atoms with Crippen molar-refractivity contribution in [2.75, 3.05) is 27.3 Å². The van der Waals surface area contributed by atoms with E-state index >= 15 is 0 Å². The van der Waals surface area contributed by atoms with E-state index in [4.69, 9.17) is 11.6 Å². The number of methoxy groups -OCH3 is 2. The van der Waals surface area contributed by atoms with Crippen LogP contribution in [0, 0.1) is 5.41 Å². The first-order valence-electron chi connectivity index (χ1n) is 5.09. The standard InChI is InChI=1S/C10H14ClNO5/c1-16-8(14)10(7(11)13)3-5-12(6-4-10)9(15)17-2/h3-6H2,1-2H3. The Hall–Kier alpha value is -1.30. The first kappa shape index (κ1) is 13.8. The van der Waals surface area contributed by atoms with Gasteiger partial charge in [-0.1, -0.05) is 0 Å². The zero-order chi connectivity index (χ0) is 13.1. The summed E-state index contributed by atoms with van der Waals surface area (Å²) in [4.78, 5) is 35.7. The lowest BCUT2D eigenvalue weighted by Gasteiger charge is -2.36. The van der Waals surface area contributed by atoms with E-state index in [2.05, 4.69) is 9.47 Å². The second-order valence-electron chi connectivity index (χ2n) is 3.80. The second kappa shape index (κ2) is 5.35. The summed E-state index contributed by atoms with van der Waals surface area (Å²) in [6, 6.07) is 0. The molecule has 1 heterocycles. The number of halogens is 1. The van der Waals surface area contributed by atoms with E-state index in [1.54, 1.807) is 0 Å². The Morgan fingerprint density at radius 3 is 2.00 bits per heavy atom. The molecule has 0 aromatic heterocycles. The van der Waals surface area contributed by atoms with Gasteiger partial charge in [-0.05, 0) is 24.4 Å². The summed E-state index contributed by atoms with van der Waals surface area (Å²) in [6.45, 7) is 0.473. The van der Waals surface area contributed by atoms with Crippen LogP contribution in [0.3, 0.4) is 0 Å². The second-order valence-corrected chi connectivity index (χ2v) is 4.15. The summed E-state index contributed by atoms with van der Waals surface area (Å²) in [5, 5.41) is -0.742. The van der Waals surface area contributed by atoms with Gasteiger partial charge < -0.3 is 14.4 Å². The van der Waals surface area contributed by atoms with Gasteiger partial charge in [0.05, 0.1) is 14.2 Å². The molecule has 6 nitrogen and oxygen atoms in total. The zero-order valence-corrected chi connectivity index (χ0v) is 10.5. The largest absolute Gasteiger partial charge is 0.468 e. The van der Waals surface area contributed by atoms with Crippen LogP contribution in [0.4, 0.5) is 4.79 Å². The van der Waals surface area contributed by atoms with Crippen molar-refractivity contribution >= 4 is 28.9 Å². The number of hydrogen-bond donors (Lipinski definition) is 0. The smallest absolute Gasteiger partial charge is 0.409 e. The lowest BCUT2D eigenvalue weighted by molar-refractivity contribution is -0.158. The van der Waals surface area contributed by atoms with Crippen LogP contribution in [-0.4, -0.2) is 49.5 Å². The molecule has 17 heavy (non-hydrogen) atoms. The summed E-state index contributed by atoms with van der Waals surface area (Å²) in [6.07, 6.45) is -0.181. The van der Waals surface area contributed by atoms with Crippen molar-refractivity contribution in [2.24, 2.45) is 5.41 Å². The van der Waals surface area contributed by atoms with Crippen molar-refractivity contribution in [1.82, 2.24) is 4.90 Å². The molecule has 0 spiro atoms. The highest BCUT2D eigenvalue weighted by atomic mass is 35.5. The maximum Gasteiger partial charge on any atom is 0.409 e. The molecule has 96 valence electrons. The molecule has 0 aromatic carbocycles. The fourth-order valence-corrected chi connectivity index (χ4v) is 2.14. The molecule has 0 bridgehead atoms. The number of nitrogens with zero attached hydrogens (tertiary/aromatic N) is 1. The van der Waals surface area contributed by atoms with Gasteiger partial charge in [0.1, 0.15) is 5.41 Å². The average molecular weight is 264 g/mol. The quantitative estimate of drug-likeness (QED) is 0.418. The minimum atomic E-state index is -1.33. The molecule has 1 rings (SSSR count). The monoisotopic (exact) mass is 263 g/mol. The number of carbonyl (C=O) groups excluding carboxylic acids is 3. The van der Waals surface area contributed by atoms with Gasteiger partial charge in [0.15, 0.2) is 0 Å². The van der Waals surface area contributed by atoms with Gasteiger partial charge in [-0.15, -0.1) is 0 Å². The predicted molar refractivity (Wildman–Crippen MR) is 58.5 cm³/mol. The van der Waals surface area contributed by atoms with Crippen LogP contribution in [-0.2, 0) is 19.1 Å². The third-order valence-corrected chi connectivity index (χ3v) is 3.36. The number of rotatable bonds is 2. The molecule has 0 unspecified atom stereocenters. The highest BCUT2D eigenvalue weighted by molar-refractivity contribution is 6.66. The summed E-state index contributed by atoms with van der Waals surface area (Å²) < 4.78 is 9.16. The molecular weight excluding hydrogens is 250 g/mol. The highest BCUT2D eigenvalue weighted by Gasteiger charge is 2.49. The van der Waals surface area contributed by atoms with Crippen molar-refractivity contribution in [1.29, 1.82) is 0 Å². The SMILES string of the molecule is COC(=O)N1CCC(C(=O)Cl)(C(=O)OC)CC1. The lowest BCUT2D eigenvalue weighted by Crippen LogP contribution is -2.49. The number of piperidine rings is 1. The molecule has 7 heteroatoms. The lowest BCUT2D eigenvalue weighted by atomic mass is 9.79. The van der Waals surface area contributed by atoms with Crippen LogP contribution in [0.25, 0.3) is 0 Å². The molecule has 1 saturated heterocycles. The van der Waals surface area contributed by atoms with Crippen molar-refractivity contribution < 1.29 is 23.9 Å². The molecule has 1 aliphatic heterocycles. The van der Waals surface area contributed by atoms with E-state index in [-0.39, 0.29) is 25.9 Å². The van der Waals surface area contributed by atoms with Gasteiger partial charge in [0.25, 0.3) is 0 Å². The van der Waals surface area contributed by atoms with Crippen molar-refractivity contribution in [3.63, 3.8) is 0 Å².